The second-order valence-electron chi connectivity index (χ2n) is 6.49. The summed E-state index contributed by atoms with van der Waals surface area (Å²) in [6.45, 7) is 4.66. The normalized spacial score (nSPS) is 21.2. The summed E-state index contributed by atoms with van der Waals surface area (Å²) >= 11 is 0. The van der Waals surface area contributed by atoms with Crippen LogP contribution in [0, 0.1) is 5.41 Å². The Morgan fingerprint density at radius 3 is 2.76 bits per heavy atom. The lowest BCUT2D eigenvalue weighted by atomic mass is 9.73. The van der Waals surface area contributed by atoms with Crippen molar-refractivity contribution in [2.75, 3.05) is 10.7 Å². The highest BCUT2D eigenvalue weighted by molar-refractivity contribution is 5.90. The highest BCUT2D eigenvalue weighted by Crippen LogP contribution is 2.37. The van der Waals surface area contributed by atoms with Crippen molar-refractivity contribution in [1.82, 2.24) is 9.97 Å². The molecule has 1 heterocycles. The van der Waals surface area contributed by atoms with Crippen molar-refractivity contribution in [2.45, 2.75) is 45.6 Å². The summed E-state index contributed by atoms with van der Waals surface area (Å²) in [6.07, 6.45) is 5.00. The lowest BCUT2D eigenvalue weighted by molar-refractivity contribution is 0.217. The lowest BCUT2D eigenvalue weighted by Crippen LogP contribution is -2.39. The fourth-order valence-corrected chi connectivity index (χ4v) is 3.18. The summed E-state index contributed by atoms with van der Waals surface area (Å²) in [5.74, 6) is 6.81. The molecule has 112 valence electrons. The van der Waals surface area contributed by atoms with Gasteiger partial charge in [-0.25, -0.2) is 10.8 Å². The number of para-hydroxylation sites is 1. The van der Waals surface area contributed by atoms with Crippen molar-refractivity contribution < 1.29 is 0 Å². The van der Waals surface area contributed by atoms with Crippen LogP contribution >= 0.6 is 0 Å². The van der Waals surface area contributed by atoms with Gasteiger partial charge in [-0.1, -0.05) is 38.8 Å². The zero-order valence-corrected chi connectivity index (χ0v) is 12.7. The van der Waals surface area contributed by atoms with Gasteiger partial charge in [-0.15, -0.1) is 0 Å². The number of hydrogen-bond acceptors (Lipinski definition) is 5. The first kappa shape index (κ1) is 14.1. The molecule has 0 spiro atoms. The van der Waals surface area contributed by atoms with Crippen molar-refractivity contribution in [3.05, 3.63) is 24.3 Å². The molecule has 1 fully saturated rings. The van der Waals surface area contributed by atoms with E-state index in [1.807, 2.05) is 24.3 Å². The van der Waals surface area contributed by atoms with Crippen LogP contribution in [0.2, 0.25) is 0 Å². The second-order valence-corrected chi connectivity index (χ2v) is 6.49. The van der Waals surface area contributed by atoms with Crippen molar-refractivity contribution in [1.29, 1.82) is 0 Å². The van der Waals surface area contributed by atoms with Crippen molar-refractivity contribution >= 4 is 22.7 Å². The first-order chi connectivity index (χ1) is 10.1. The van der Waals surface area contributed by atoms with Crippen LogP contribution in [0.3, 0.4) is 0 Å². The number of fused-ring (bicyclic) bond motifs is 1. The average molecular weight is 285 g/mol. The molecule has 5 heteroatoms. The van der Waals surface area contributed by atoms with Crippen LogP contribution in [-0.2, 0) is 0 Å². The van der Waals surface area contributed by atoms with Gasteiger partial charge in [-0.05, 0) is 30.4 Å². The Kier molecular flexibility index (Phi) is 3.68. The molecule has 21 heavy (non-hydrogen) atoms. The molecule has 1 aliphatic carbocycles. The van der Waals surface area contributed by atoms with Crippen molar-refractivity contribution in [3.63, 3.8) is 0 Å². The number of benzene rings is 1. The summed E-state index contributed by atoms with van der Waals surface area (Å²) in [6, 6.07) is 8.45. The Morgan fingerprint density at radius 2 is 2.00 bits per heavy atom. The van der Waals surface area contributed by atoms with Crippen molar-refractivity contribution in [2.24, 2.45) is 11.3 Å². The molecule has 0 amide bonds. The molecule has 1 aromatic heterocycles. The van der Waals surface area contributed by atoms with Gasteiger partial charge in [0.05, 0.1) is 5.52 Å². The Bertz CT molecular complexity index is 638. The average Bonchev–Trinajstić information content (AvgIpc) is 2.49. The quantitative estimate of drug-likeness (QED) is 0.596. The van der Waals surface area contributed by atoms with Gasteiger partial charge < -0.3 is 5.32 Å². The summed E-state index contributed by atoms with van der Waals surface area (Å²) in [4.78, 5) is 8.92. The Hall–Kier alpha value is -1.88. The smallest absolute Gasteiger partial charge is 0.239 e. The molecule has 0 aliphatic heterocycles. The molecule has 2 aromatic rings. The van der Waals surface area contributed by atoms with E-state index in [2.05, 4.69) is 34.6 Å². The van der Waals surface area contributed by atoms with E-state index in [-0.39, 0.29) is 5.41 Å². The van der Waals surface area contributed by atoms with Gasteiger partial charge in [0, 0.05) is 11.4 Å². The van der Waals surface area contributed by atoms with Crippen LogP contribution in [0.5, 0.6) is 0 Å². The standard InChI is InChI=1S/C16H23N5/c1-16(2)10-6-5-9-13(16)19-14-11-7-3-4-8-12(11)18-15(20-14)21-17/h3-4,7-8,13H,5-6,9-10,17H2,1-2H3,(H2,18,19,20,21). The molecular formula is C16H23N5. The first-order valence-corrected chi connectivity index (χ1v) is 7.60. The molecule has 5 nitrogen and oxygen atoms in total. The van der Waals surface area contributed by atoms with Crippen molar-refractivity contribution in [3.8, 4) is 0 Å². The molecule has 1 aromatic carbocycles. The van der Waals surface area contributed by atoms with Crippen LogP contribution in [0.15, 0.2) is 24.3 Å². The van der Waals surface area contributed by atoms with Crippen LogP contribution in [0.1, 0.15) is 39.5 Å². The fourth-order valence-electron chi connectivity index (χ4n) is 3.18. The van der Waals surface area contributed by atoms with Gasteiger partial charge in [-0.3, -0.25) is 5.43 Å². The predicted molar refractivity (Wildman–Crippen MR) is 87.0 cm³/mol. The number of nitrogens with two attached hydrogens (primary N) is 1. The Balaban J connectivity index is 1.99. The zero-order valence-electron chi connectivity index (χ0n) is 12.7. The molecule has 1 unspecified atom stereocenters. The van der Waals surface area contributed by atoms with E-state index in [4.69, 9.17) is 5.84 Å². The topological polar surface area (TPSA) is 75.9 Å². The van der Waals surface area contributed by atoms with E-state index >= 15 is 0 Å². The molecule has 3 rings (SSSR count). The number of anilines is 2. The summed E-state index contributed by atoms with van der Waals surface area (Å²) in [5, 5.41) is 4.68. The van der Waals surface area contributed by atoms with Gasteiger partial charge in [0.2, 0.25) is 5.95 Å². The maximum absolute atomic E-state index is 5.49. The SMILES string of the molecule is CC1(C)CCCCC1Nc1nc(NN)nc2ccccc12. The van der Waals surface area contributed by atoms with E-state index in [9.17, 15) is 0 Å². The molecule has 4 N–H and O–H groups in total. The monoisotopic (exact) mass is 285 g/mol. The number of aromatic nitrogens is 2. The minimum atomic E-state index is 0.278. The van der Waals surface area contributed by atoms with Gasteiger partial charge in [0.25, 0.3) is 0 Å². The van der Waals surface area contributed by atoms with E-state index in [0.29, 0.717) is 12.0 Å². The molecule has 0 saturated heterocycles. The molecule has 0 radical (unpaired) electrons. The minimum Gasteiger partial charge on any atom is -0.366 e. The minimum absolute atomic E-state index is 0.278. The predicted octanol–water partition coefficient (Wildman–Crippen LogP) is 3.30. The van der Waals surface area contributed by atoms with Gasteiger partial charge >= 0.3 is 0 Å². The van der Waals surface area contributed by atoms with Crippen LogP contribution in [0.4, 0.5) is 11.8 Å². The largest absolute Gasteiger partial charge is 0.366 e. The van der Waals surface area contributed by atoms with Crippen LogP contribution < -0.4 is 16.6 Å². The molecule has 1 saturated carbocycles. The number of nitrogens with zero attached hydrogens (tertiary/aromatic N) is 2. The fraction of sp³-hybridized carbons (Fsp3) is 0.500. The third-order valence-corrected chi connectivity index (χ3v) is 4.55. The Labute approximate surface area is 125 Å². The number of nitrogen functional groups attached to an aromatic ring is 1. The first-order valence-electron chi connectivity index (χ1n) is 7.60. The molecule has 1 aliphatic rings. The number of hydrazine groups is 1. The summed E-state index contributed by atoms with van der Waals surface area (Å²) in [7, 11) is 0. The van der Waals surface area contributed by atoms with Gasteiger partial charge in [0.1, 0.15) is 5.82 Å². The highest BCUT2D eigenvalue weighted by atomic mass is 15.3. The summed E-state index contributed by atoms with van der Waals surface area (Å²) in [5.41, 5.74) is 3.73. The number of hydrogen-bond donors (Lipinski definition) is 3. The van der Waals surface area contributed by atoms with E-state index in [0.717, 1.165) is 16.7 Å². The Morgan fingerprint density at radius 1 is 1.19 bits per heavy atom. The van der Waals surface area contributed by atoms with Crippen LogP contribution in [0.25, 0.3) is 10.9 Å². The molecule has 0 bridgehead atoms. The van der Waals surface area contributed by atoms with Gasteiger partial charge in [0.15, 0.2) is 0 Å². The second kappa shape index (κ2) is 5.48. The lowest BCUT2D eigenvalue weighted by Gasteiger charge is -2.39. The third kappa shape index (κ3) is 2.78. The van der Waals surface area contributed by atoms with E-state index in [1.165, 1.54) is 25.7 Å². The maximum Gasteiger partial charge on any atom is 0.239 e. The van der Waals surface area contributed by atoms with E-state index < -0.39 is 0 Å². The van der Waals surface area contributed by atoms with Crippen LogP contribution in [-0.4, -0.2) is 16.0 Å². The maximum atomic E-state index is 5.49. The number of nitrogens with one attached hydrogen (secondary N) is 2. The van der Waals surface area contributed by atoms with E-state index in [1.54, 1.807) is 0 Å². The molecule has 1 atom stereocenters. The number of rotatable bonds is 3. The zero-order chi connectivity index (χ0) is 14.9. The highest BCUT2D eigenvalue weighted by Gasteiger charge is 2.32. The summed E-state index contributed by atoms with van der Waals surface area (Å²) < 4.78 is 0. The third-order valence-electron chi connectivity index (χ3n) is 4.55. The van der Waals surface area contributed by atoms with Gasteiger partial charge in [-0.2, -0.15) is 4.98 Å². The molecular weight excluding hydrogens is 262 g/mol.